The van der Waals surface area contributed by atoms with Crippen molar-refractivity contribution in [2.75, 3.05) is 13.2 Å². The molecule has 0 amide bonds. The lowest BCUT2D eigenvalue weighted by molar-refractivity contribution is -0.161. The van der Waals surface area contributed by atoms with Crippen LogP contribution in [-0.2, 0) is 19.1 Å². The highest BCUT2D eigenvalue weighted by molar-refractivity contribution is 5.70. The van der Waals surface area contributed by atoms with Crippen molar-refractivity contribution < 1.29 is 24.2 Å². The summed E-state index contributed by atoms with van der Waals surface area (Å²) in [6.45, 7) is 4.12. The summed E-state index contributed by atoms with van der Waals surface area (Å²) in [6, 6.07) is 0. The number of hydrogen-bond acceptors (Lipinski definition) is 5. The Morgan fingerprint density at radius 3 is 1.19 bits per heavy atom. The number of carbonyl (C=O) groups is 2. The molecule has 0 bridgehead atoms. The maximum atomic E-state index is 12.2. The molecule has 0 aromatic heterocycles. The van der Waals surface area contributed by atoms with E-state index in [0.29, 0.717) is 12.8 Å². The van der Waals surface area contributed by atoms with Crippen LogP contribution in [0.25, 0.3) is 0 Å². The molecule has 0 aromatic carbocycles. The lowest BCUT2D eigenvalue weighted by Crippen LogP contribution is -2.28. The standard InChI is InChI=1S/C47H86O5/c1-3-5-7-9-11-13-15-17-19-21-23-25-27-29-31-33-35-37-39-41-46(49)51-44-45(43-48)52-47(50)42-40-38-36-34-32-30-28-26-24-22-20-18-16-14-12-10-8-6-4-2/h11,13,17-20,45,48H,3-10,12,14-16,21-44H2,1-2H3. The molecule has 0 aliphatic rings. The van der Waals surface area contributed by atoms with E-state index < -0.39 is 6.10 Å². The zero-order valence-corrected chi connectivity index (χ0v) is 34.6. The highest BCUT2D eigenvalue weighted by Gasteiger charge is 2.16. The summed E-state index contributed by atoms with van der Waals surface area (Å²) < 4.78 is 10.6. The fourth-order valence-electron chi connectivity index (χ4n) is 6.46. The molecule has 0 aliphatic heterocycles. The average Bonchev–Trinajstić information content (AvgIpc) is 3.15. The molecule has 0 heterocycles. The monoisotopic (exact) mass is 731 g/mol. The van der Waals surface area contributed by atoms with E-state index in [0.717, 1.165) is 44.9 Å². The van der Waals surface area contributed by atoms with Crippen LogP contribution in [0, 0.1) is 0 Å². The van der Waals surface area contributed by atoms with Gasteiger partial charge in [0.2, 0.25) is 0 Å². The Hall–Kier alpha value is -1.88. The predicted octanol–water partition coefficient (Wildman–Crippen LogP) is 14.4. The highest BCUT2D eigenvalue weighted by atomic mass is 16.6. The molecule has 0 spiro atoms. The van der Waals surface area contributed by atoms with Crippen LogP contribution in [-0.4, -0.2) is 36.4 Å². The number of aliphatic hydroxyl groups is 1. The van der Waals surface area contributed by atoms with Crippen molar-refractivity contribution in [1.82, 2.24) is 0 Å². The molecule has 5 nitrogen and oxygen atoms in total. The average molecular weight is 731 g/mol. The summed E-state index contributed by atoms with van der Waals surface area (Å²) in [5.41, 5.74) is 0. The van der Waals surface area contributed by atoms with Gasteiger partial charge in [0.25, 0.3) is 0 Å². The van der Waals surface area contributed by atoms with E-state index in [4.69, 9.17) is 9.47 Å². The van der Waals surface area contributed by atoms with Gasteiger partial charge < -0.3 is 14.6 Å². The Labute approximate surface area is 323 Å². The first-order valence-electron chi connectivity index (χ1n) is 22.5. The maximum absolute atomic E-state index is 12.2. The van der Waals surface area contributed by atoms with Crippen molar-refractivity contribution in [2.24, 2.45) is 0 Å². The topological polar surface area (TPSA) is 72.8 Å². The third-order valence-electron chi connectivity index (χ3n) is 9.91. The number of allylic oxidation sites excluding steroid dienone is 6. The molecule has 0 radical (unpaired) electrons. The largest absolute Gasteiger partial charge is 0.462 e. The number of unbranched alkanes of at least 4 members (excludes halogenated alkanes) is 27. The second-order valence-corrected chi connectivity index (χ2v) is 15.1. The van der Waals surface area contributed by atoms with Gasteiger partial charge in [-0.15, -0.1) is 0 Å². The third kappa shape index (κ3) is 40.9. The fourth-order valence-corrected chi connectivity index (χ4v) is 6.46. The minimum absolute atomic E-state index is 0.0669. The normalized spacial score (nSPS) is 12.4. The number of rotatable bonds is 41. The molecule has 1 atom stereocenters. The zero-order valence-electron chi connectivity index (χ0n) is 34.6. The van der Waals surface area contributed by atoms with E-state index in [-0.39, 0.29) is 25.2 Å². The zero-order chi connectivity index (χ0) is 37.8. The van der Waals surface area contributed by atoms with Crippen LogP contribution in [0.5, 0.6) is 0 Å². The van der Waals surface area contributed by atoms with Crippen LogP contribution in [0.15, 0.2) is 36.5 Å². The highest BCUT2D eigenvalue weighted by Crippen LogP contribution is 2.14. The molecule has 0 saturated heterocycles. The van der Waals surface area contributed by atoms with Gasteiger partial charge in [-0.2, -0.15) is 0 Å². The third-order valence-corrected chi connectivity index (χ3v) is 9.91. The molecule has 5 heteroatoms. The quantitative estimate of drug-likeness (QED) is 0.0385. The molecule has 0 aromatic rings. The van der Waals surface area contributed by atoms with Crippen LogP contribution in [0.2, 0.25) is 0 Å². The fraction of sp³-hybridized carbons (Fsp3) is 0.830. The summed E-state index contributed by atoms with van der Waals surface area (Å²) >= 11 is 0. The summed E-state index contributed by atoms with van der Waals surface area (Å²) in [5.74, 6) is -0.591. The summed E-state index contributed by atoms with van der Waals surface area (Å²) in [5, 5.41) is 9.59. The Balaban J connectivity index is 3.52. The van der Waals surface area contributed by atoms with Gasteiger partial charge in [-0.25, -0.2) is 0 Å². The van der Waals surface area contributed by atoms with Gasteiger partial charge >= 0.3 is 11.9 Å². The van der Waals surface area contributed by atoms with Crippen molar-refractivity contribution in [3.05, 3.63) is 36.5 Å². The van der Waals surface area contributed by atoms with Gasteiger partial charge in [-0.1, -0.05) is 185 Å². The van der Waals surface area contributed by atoms with Crippen LogP contribution >= 0.6 is 0 Å². The molecule has 0 rings (SSSR count). The number of hydrogen-bond donors (Lipinski definition) is 1. The second-order valence-electron chi connectivity index (χ2n) is 15.1. The van der Waals surface area contributed by atoms with E-state index in [1.165, 1.54) is 161 Å². The van der Waals surface area contributed by atoms with Crippen molar-refractivity contribution in [3.8, 4) is 0 Å². The minimum Gasteiger partial charge on any atom is -0.462 e. The molecule has 0 fully saturated rings. The van der Waals surface area contributed by atoms with Gasteiger partial charge in [0.1, 0.15) is 6.61 Å². The first-order chi connectivity index (χ1) is 25.6. The van der Waals surface area contributed by atoms with E-state index in [1.54, 1.807) is 0 Å². The molecule has 1 unspecified atom stereocenters. The summed E-state index contributed by atoms with van der Waals surface area (Å²) in [6.07, 6.45) is 53.5. The van der Waals surface area contributed by atoms with E-state index in [9.17, 15) is 14.7 Å². The van der Waals surface area contributed by atoms with Gasteiger partial charge in [0.05, 0.1) is 6.61 Å². The molecule has 0 saturated carbocycles. The van der Waals surface area contributed by atoms with Crippen molar-refractivity contribution >= 4 is 11.9 Å². The Morgan fingerprint density at radius 1 is 0.442 bits per heavy atom. The van der Waals surface area contributed by atoms with Gasteiger partial charge in [0, 0.05) is 12.8 Å². The van der Waals surface area contributed by atoms with Crippen LogP contribution in [0.1, 0.15) is 232 Å². The van der Waals surface area contributed by atoms with E-state index in [1.807, 2.05) is 0 Å². The first kappa shape index (κ1) is 50.1. The maximum Gasteiger partial charge on any atom is 0.306 e. The predicted molar refractivity (Wildman–Crippen MR) is 224 cm³/mol. The molecule has 0 aliphatic carbocycles. The van der Waals surface area contributed by atoms with Crippen LogP contribution < -0.4 is 0 Å². The summed E-state index contributed by atoms with van der Waals surface area (Å²) in [4.78, 5) is 24.4. The van der Waals surface area contributed by atoms with Crippen molar-refractivity contribution in [1.29, 1.82) is 0 Å². The smallest absolute Gasteiger partial charge is 0.306 e. The van der Waals surface area contributed by atoms with Gasteiger partial charge in [0.15, 0.2) is 6.10 Å². The van der Waals surface area contributed by atoms with E-state index in [2.05, 4.69) is 50.3 Å². The Kier molecular flexibility index (Phi) is 42.0. The molecular formula is C47H86O5. The first-order valence-corrected chi connectivity index (χ1v) is 22.5. The number of esters is 2. The van der Waals surface area contributed by atoms with Gasteiger partial charge in [-0.3, -0.25) is 9.59 Å². The van der Waals surface area contributed by atoms with Crippen LogP contribution in [0.4, 0.5) is 0 Å². The van der Waals surface area contributed by atoms with E-state index >= 15 is 0 Å². The molecular weight excluding hydrogens is 645 g/mol. The molecule has 1 N–H and O–H groups in total. The van der Waals surface area contributed by atoms with Crippen LogP contribution in [0.3, 0.4) is 0 Å². The number of aliphatic hydroxyl groups excluding tert-OH is 1. The number of ether oxygens (including phenoxy) is 2. The lowest BCUT2D eigenvalue weighted by atomic mass is 10.1. The van der Waals surface area contributed by atoms with Crippen molar-refractivity contribution in [2.45, 2.75) is 238 Å². The molecule has 304 valence electrons. The lowest BCUT2D eigenvalue weighted by Gasteiger charge is -2.15. The number of carbonyl (C=O) groups excluding carboxylic acids is 2. The second kappa shape index (κ2) is 43.5. The summed E-state index contributed by atoms with van der Waals surface area (Å²) in [7, 11) is 0. The Bertz CT molecular complexity index is 832. The van der Waals surface area contributed by atoms with Gasteiger partial charge in [-0.05, 0) is 70.6 Å². The van der Waals surface area contributed by atoms with Crippen molar-refractivity contribution in [3.63, 3.8) is 0 Å². The minimum atomic E-state index is -0.773. The Morgan fingerprint density at radius 2 is 0.769 bits per heavy atom. The SMILES string of the molecule is CCCCCC=CCC=CCCCCCCCCCCCC(=O)OCC(CO)OC(=O)CCCCCCCCCCCC=CCCCCCCCC. The molecule has 52 heavy (non-hydrogen) atoms.